The maximum absolute atomic E-state index is 15.3. The first-order chi connectivity index (χ1) is 16.9. The summed E-state index contributed by atoms with van der Waals surface area (Å²) in [5, 5.41) is 8.39. The van der Waals surface area contributed by atoms with E-state index in [1.807, 2.05) is 6.92 Å². The summed E-state index contributed by atoms with van der Waals surface area (Å²) >= 11 is 0. The van der Waals surface area contributed by atoms with Crippen molar-refractivity contribution in [3.8, 4) is 0 Å². The van der Waals surface area contributed by atoms with Gasteiger partial charge in [-0.3, -0.25) is 9.36 Å². The number of nitrogens with zero attached hydrogens (tertiary/aromatic N) is 6. The molecular formula is C23H27FN7O4S+. The number of carbonyl (C=O) groups excluding carboxylic acids is 2. The average Bonchev–Trinajstić information content (AvgIpc) is 3.20. The third-order valence-electron chi connectivity index (χ3n) is 6.64. The summed E-state index contributed by atoms with van der Waals surface area (Å²) in [7, 11) is -0.773. The lowest BCUT2D eigenvalue weighted by Crippen LogP contribution is -2.54. The Labute approximate surface area is 207 Å². The van der Waals surface area contributed by atoms with Gasteiger partial charge in [0.15, 0.2) is 0 Å². The third-order valence-corrected chi connectivity index (χ3v) is 8.31. The minimum atomic E-state index is -4.22. The van der Waals surface area contributed by atoms with Gasteiger partial charge in [-0.2, -0.15) is 24.5 Å². The van der Waals surface area contributed by atoms with E-state index >= 15 is 4.39 Å². The van der Waals surface area contributed by atoms with Crippen LogP contribution in [0.4, 0.5) is 9.18 Å². The van der Waals surface area contributed by atoms with Crippen molar-refractivity contribution in [3.63, 3.8) is 0 Å². The number of imide groups is 1. The zero-order valence-corrected chi connectivity index (χ0v) is 21.2. The molecule has 0 spiro atoms. The molecule has 11 nitrogen and oxygen atoms in total. The number of nitrogens with one attached hydrogen (secondary N) is 1. The van der Waals surface area contributed by atoms with Crippen LogP contribution in [0.5, 0.6) is 0 Å². The van der Waals surface area contributed by atoms with E-state index < -0.39 is 44.2 Å². The van der Waals surface area contributed by atoms with E-state index in [0.717, 1.165) is 22.7 Å². The van der Waals surface area contributed by atoms with Crippen LogP contribution in [0.25, 0.3) is 0 Å². The number of aromatic nitrogens is 4. The molecule has 3 heterocycles. The third kappa shape index (κ3) is 4.32. The standard InChI is InChI=1S/C23H27FN7O4S/c1-14-7-16(29(4)26-14)13-30-19-9-18(24)20(36(34,35)27-23(2)5-6-23)8-17(19)21(32)31(22(30)33)12-15-10-25-28(3)11-15/h7-11,17,27H,5-6,12-13H2,1-4H3/q+1. The molecule has 36 heavy (non-hydrogen) atoms. The number of urea groups is 1. The number of hydrogen-bond acceptors (Lipinski definition) is 6. The highest BCUT2D eigenvalue weighted by atomic mass is 32.2. The molecule has 1 saturated carbocycles. The number of hydrogen-bond donors (Lipinski definition) is 1. The van der Waals surface area contributed by atoms with Crippen molar-refractivity contribution >= 4 is 27.7 Å². The number of aryl methyl sites for hydroxylation is 3. The Hall–Kier alpha value is -3.45. The lowest BCUT2D eigenvalue weighted by molar-refractivity contribution is -0.457. The molecule has 3 aliphatic rings. The molecule has 0 bridgehead atoms. The highest BCUT2D eigenvalue weighted by molar-refractivity contribution is 7.93. The maximum Gasteiger partial charge on any atom is 0.501 e. The first-order valence-electron chi connectivity index (χ1n) is 11.5. The number of carbonyl (C=O) groups is 2. The summed E-state index contributed by atoms with van der Waals surface area (Å²) in [6, 6.07) is 1.15. The number of fused-ring (bicyclic) bond motifs is 1. The summed E-state index contributed by atoms with van der Waals surface area (Å²) in [5.41, 5.74) is 1.49. The van der Waals surface area contributed by atoms with E-state index in [1.165, 1.54) is 4.58 Å². The van der Waals surface area contributed by atoms with Gasteiger partial charge in [0.2, 0.25) is 10.0 Å². The number of rotatable bonds is 7. The van der Waals surface area contributed by atoms with Crippen LogP contribution in [-0.2, 0) is 42.0 Å². The van der Waals surface area contributed by atoms with Gasteiger partial charge in [-0.05, 0) is 38.8 Å². The van der Waals surface area contributed by atoms with Gasteiger partial charge in [0.25, 0.3) is 0 Å². The highest BCUT2D eigenvalue weighted by Gasteiger charge is 2.50. The van der Waals surface area contributed by atoms with Crippen LogP contribution in [0.2, 0.25) is 0 Å². The van der Waals surface area contributed by atoms with Gasteiger partial charge in [0, 0.05) is 37.5 Å². The molecule has 1 unspecified atom stereocenters. The van der Waals surface area contributed by atoms with E-state index in [9.17, 15) is 18.0 Å². The zero-order chi connectivity index (χ0) is 26.0. The Bertz CT molecular complexity index is 1490. The van der Waals surface area contributed by atoms with Gasteiger partial charge in [-0.1, -0.05) is 0 Å². The largest absolute Gasteiger partial charge is 0.501 e. The predicted molar refractivity (Wildman–Crippen MR) is 127 cm³/mol. The van der Waals surface area contributed by atoms with Gasteiger partial charge in [-0.25, -0.2) is 22.3 Å². The normalized spacial score (nSPS) is 21.5. The van der Waals surface area contributed by atoms with Crippen LogP contribution in [-0.4, -0.2) is 60.6 Å². The molecule has 0 aromatic carbocycles. The molecule has 3 amide bonds. The number of allylic oxidation sites excluding steroid dienone is 2. The molecular weight excluding hydrogens is 489 g/mol. The zero-order valence-electron chi connectivity index (χ0n) is 20.4. The summed E-state index contributed by atoms with van der Waals surface area (Å²) in [6.45, 7) is 3.51. The Morgan fingerprint density at radius 1 is 1.28 bits per heavy atom. The molecule has 1 atom stereocenters. The van der Waals surface area contributed by atoms with Crippen LogP contribution in [0, 0.1) is 12.8 Å². The summed E-state index contributed by atoms with van der Waals surface area (Å²) in [6.07, 6.45) is 6.61. The fourth-order valence-electron chi connectivity index (χ4n) is 4.47. The van der Waals surface area contributed by atoms with E-state index in [0.29, 0.717) is 24.1 Å². The summed E-state index contributed by atoms with van der Waals surface area (Å²) in [5.74, 6) is -2.82. The molecule has 2 aliphatic carbocycles. The number of sulfonamides is 1. The summed E-state index contributed by atoms with van der Waals surface area (Å²) < 4.78 is 48.2. The van der Waals surface area contributed by atoms with Crippen LogP contribution < -0.4 is 4.72 Å². The molecule has 1 aliphatic heterocycles. The SMILES string of the molecule is Cc1cc(C[N+]2=C3C=C(F)C(S(=O)(=O)NC4(C)CC4)=CC3C(=O)N(Cc3cnn(C)c3)C2=O)n(C)n1. The van der Waals surface area contributed by atoms with Gasteiger partial charge in [0.1, 0.15) is 35.5 Å². The molecule has 1 fully saturated rings. The Kier molecular flexibility index (Phi) is 5.59. The Morgan fingerprint density at radius 3 is 2.58 bits per heavy atom. The van der Waals surface area contributed by atoms with Crippen LogP contribution in [0.1, 0.15) is 36.7 Å². The second-order valence-electron chi connectivity index (χ2n) is 9.81. The van der Waals surface area contributed by atoms with Crippen molar-refractivity contribution < 1.29 is 27.0 Å². The van der Waals surface area contributed by atoms with Crippen LogP contribution >= 0.6 is 0 Å². The average molecular weight is 517 g/mol. The Balaban J connectivity index is 1.59. The fourth-order valence-corrected chi connectivity index (χ4v) is 6.06. The molecule has 2 aromatic rings. The van der Waals surface area contributed by atoms with E-state index in [-0.39, 0.29) is 18.8 Å². The fraction of sp³-hybridized carbons (Fsp3) is 0.435. The van der Waals surface area contributed by atoms with Crippen molar-refractivity contribution in [2.75, 3.05) is 0 Å². The van der Waals surface area contributed by atoms with E-state index in [2.05, 4.69) is 14.9 Å². The van der Waals surface area contributed by atoms with Crippen molar-refractivity contribution in [2.45, 2.75) is 45.3 Å². The molecule has 0 radical (unpaired) electrons. The van der Waals surface area contributed by atoms with E-state index in [1.54, 1.807) is 48.8 Å². The van der Waals surface area contributed by atoms with Gasteiger partial charge in [0.05, 0.1) is 17.6 Å². The van der Waals surface area contributed by atoms with Gasteiger partial charge < -0.3 is 0 Å². The highest BCUT2D eigenvalue weighted by Crippen LogP contribution is 2.38. The monoisotopic (exact) mass is 516 g/mol. The number of amides is 3. The second kappa shape index (κ2) is 8.30. The second-order valence-corrected chi connectivity index (χ2v) is 11.5. The van der Waals surface area contributed by atoms with Crippen molar-refractivity contribution in [1.82, 2.24) is 29.2 Å². The van der Waals surface area contributed by atoms with Crippen molar-refractivity contribution in [2.24, 2.45) is 20.0 Å². The van der Waals surface area contributed by atoms with Crippen LogP contribution in [0.15, 0.2) is 41.3 Å². The van der Waals surface area contributed by atoms with Crippen molar-refractivity contribution in [1.29, 1.82) is 0 Å². The topological polar surface area (TPSA) is 122 Å². The van der Waals surface area contributed by atoms with E-state index in [4.69, 9.17) is 0 Å². The summed E-state index contributed by atoms with van der Waals surface area (Å²) in [4.78, 5) is 27.5. The molecule has 0 saturated heterocycles. The van der Waals surface area contributed by atoms with Crippen molar-refractivity contribution in [3.05, 3.63) is 58.3 Å². The lowest BCUT2D eigenvalue weighted by atomic mass is 9.93. The molecule has 1 N–H and O–H groups in total. The quantitative estimate of drug-likeness (QED) is 0.556. The number of halogens is 1. The minimum absolute atomic E-state index is 0.0227. The molecule has 2 aromatic heterocycles. The molecule has 5 rings (SSSR count). The Morgan fingerprint density at radius 2 is 2.00 bits per heavy atom. The maximum atomic E-state index is 15.3. The minimum Gasteiger partial charge on any atom is -0.275 e. The lowest BCUT2D eigenvalue weighted by Gasteiger charge is -2.28. The molecule has 13 heteroatoms. The first-order valence-corrected chi connectivity index (χ1v) is 13.0. The van der Waals surface area contributed by atoms with Gasteiger partial charge in [-0.15, -0.1) is 0 Å². The first kappa shape index (κ1) is 24.3. The smallest absolute Gasteiger partial charge is 0.275 e. The molecule has 190 valence electrons. The van der Waals surface area contributed by atoms with Gasteiger partial charge >= 0.3 is 11.9 Å². The van der Waals surface area contributed by atoms with Crippen LogP contribution in [0.3, 0.4) is 0 Å². The predicted octanol–water partition coefficient (Wildman–Crippen LogP) is 1.42.